The molecule has 0 spiro atoms. The summed E-state index contributed by atoms with van der Waals surface area (Å²) in [6.07, 6.45) is 100.0. The molecule has 0 heterocycles. The van der Waals surface area contributed by atoms with Crippen molar-refractivity contribution in [2.24, 2.45) is 0 Å². The van der Waals surface area contributed by atoms with Gasteiger partial charge in [-0.2, -0.15) is 0 Å². The third kappa shape index (κ3) is 73.4. The predicted octanol–water partition coefficient (Wildman–Crippen LogP) is 26.8. The van der Waals surface area contributed by atoms with Crippen LogP contribution in [0.25, 0.3) is 0 Å². The Hall–Kier alpha value is -1.66. The highest BCUT2D eigenvalue weighted by atomic mass is 16.5. The quantitative estimate of drug-likeness (QED) is 0.0320. The number of carbonyl (C=O) groups excluding carboxylic acids is 2. The summed E-state index contributed by atoms with van der Waals surface area (Å²) in [6, 6.07) is -0.540. The van der Waals surface area contributed by atoms with Gasteiger partial charge in [-0.1, -0.05) is 417 Å². The van der Waals surface area contributed by atoms with E-state index in [9.17, 15) is 19.8 Å². The van der Waals surface area contributed by atoms with Gasteiger partial charge < -0.3 is 20.3 Å². The Morgan fingerprint density at radius 3 is 0.864 bits per heavy atom. The first-order valence-electron chi connectivity index (χ1n) is 40.6. The molecule has 0 saturated carbocycles. The molecule has 0 bridgehead atoms. The van der Waals surface area contributed by atoms with E-state index in [2.05, 4.69) is 43.5 Å². The van der Waals surface area contributed by atoms with E-state index in [0.717, 1.165) is 44.9 Å². The predicted molar refractivity (Wildman–Crippen MR) is 389 cm³/mol. The minimum absolute atomic E-state index is 0.0220. The summed E-state index contributed by atoms with van der Waals surface area (Å²) in [6.45, 7) is 5.01. The molecule has 0 rings (SSSR count). The number of carbonyl (C=O) groups is 2. The van der Waals surface area contributed by atoms with Gasteiger partial charge >= 0.3 is 5.97 Å². The number of nitrogens with one attached hydrogen (secondary N) is 1. The highest BCUT2D eigenvalue weighted by Crippen LogP contribution is 2.20. The summed E-state index contributed by atoms with van der Waals surface area (Å²) in [4.78, 5) is 24.6. The molecule has 6 heteroatoms. The van der Waals surface area contributed by atoms with Gasteiger partial charge in [0.05, 0.1) is 25.4 Å². The Morgan fingerprint density at radius 1 is 0.318 bits per heavy atom. The minimum atomic E-state index is -0.663. The fourth-order valence-corrected chi connectivity index (χ4v) is 13.1. The van der Waals surface area contributed by atoms with E-state index in [4.69, 9.17) is 4.74 Å². The lowest BCUT2D eigenvalue weighted by Crippen LogP contribution is -2.45. The number of aliphatic hydroxyl groups excluding tert-OH is 2. The smallest absolute Gasteiger partial charge is 0.305 e. The van der Waals surface area contributed by atoms with Gasteiger partial charge in [0.1, 0.15) is 0 Å². The lowest BCUT2D eigenvalue weighted by molar-refractivity contribution is -0.143. The number of rotatable bonds is 77. The van der Waals surface area contributed by atoms with Gasteiger partial charge in [0, 0.05) is 12.8 Å². The lowest BCUT2D eigenvalue weighted by Gasteiger charge is -2.22. The highest BCUT2D eigenvalue weighted by molar-refractivity contribution is 5.76. The second-order valence-electron chi connectivity index (χ2n) is 28.1. The number of hydrogen-bond donors (Lipinski definition) is 3. The number of allylic oxidation sites excluding steroid dienone is 4. The molecule has 0 saturated heterocycles. The van der Waals surface area contributed by atoms with Crippen LogP contribution in [0.1, 0.15) is 463 Å². The van der Waals surface area contributed by atoms with Crippen molar-refractivity contribution in [1.82, 2.24) is 5.32 Å². The zero-order valence-corrected chi connectivity index (χ0v) is 60.0. The second kappa shape index (κ2) is 77.8. The average molecular weight is 1240 g/mol. The second-order valence-corrected chi connectivity index (χ2v) is 28.1. The van der Waals surface area contributed by atoms with Crippen molar-refractivity contribution in [2.45, 2.75) is 475 Å². The van der Waals surface area contributed by atoms with E-state index in [1.807, 2.05) is 0 Å². The SMILES string of the molecule is CCCCCCCCCCCCCCCCCCCCCCC(O)C(CO)NC(=O)CCCCCCCCCCCCCCCCCCC/C=C\C/C=C\CCCCCCCCCCCCCCCOC(=O)CCCCCCCCCCCCCCCC. The molecule has 2 atom stereocenters. The third-order valence-corrected chi connectivity index (χ3v) is 19.3. The number of amides is 1. The first-order valence-corrected chi connectivity index (χ1v) is 40.6. The zero-order valence-electron chi connectivity index (χ0n) is 60.0. The summed E-state index contributed by atoms with van der Waals surface area (Å²) in [5.74, 6) is -0.00501. The van der Waals surface area contributed by atoms with Crippen LogP contribution in [0.15, 0.2) is 24.3 Å². The molecule has 0 aromatic rings. The van der Waals surface area contributed by atoms with Crippen molar-refractivity contribution in [1.29, 1.82) is 0 Å². The Balaban J connectivity index is 3.35. The minimum Gasteiger partial charge on any atom is -0.466 e. The number of esters is 1. The molecule has 522 valence electrons. The maximum atomic E-state index is 12.6. The Bertz CT molecular complexity index is 1380. The van der Waals surface area contributed by atoms with Gasteiger partial charge in [-0.05, 0) is 57.8 Å². The van der Waals surface area contributed by atoms with Crippen LogP contribution >= 0.6 is 0 Å². The van der Waals surface area contributed by atoms with Crippen molar-refractivity contribution in [3.63, 3.8) is 0 Å². The summed E-state index contributed by atoms with van der Waals surface area (Å²) in [7, 11) is 0. The fourth-order valence-electron chi connectivity index (χ4n) is 13.1. The molecule has 6 nitrogen and oxygen atoms in total. The average Bonchev–Trinajstić information content (AvgIpc) is 3.58. The standard InChI is InChI=1S/C82H159NO5/c1-3-5-7-9-11-13-15-17-19-20-21-41-44-47-50-54-58-62-66-70-74-80(85)79(78-84)83-81(86)75-71-67-63-59-55-51-48-45-42-39-37-35-33-31-29-27-25-23-22-24-26-28-30-32-34-36-38-40-43-46-49-53-57-61-65-69-73-77-88-82(87)76-72-68-64-60-56-52-18-16-14-12-10-8-6-4-2/h22,24,28,30,79-80,84-85H,3-21,23,25-27,29,31-78H2,1-2H3,(H,83,86)/b24-22-,30-28-. The molecular formula is C82H159NO5. The molecule has 3 N–H and O–H groups in total. The van der Waals surface area contributed by atoms with Gasteiger partial charge in [-0.25, -0.2) is 0 Å². The number of aliphatic hydroxyl groups is 2. The summed E-state index contributed by atoms with van der Waals surface area (Å²) in [5.41, 5.74) is 0. The van der Waals surface area contributed by atoms with E-state index in [0.29, 0.717) is 25.9 Å². The maximum Gasteiger partial charge on any atom is 0.305 e. The lowest BCUT2D eigenvalue weighted by atomic mass is 10.0. The number of hydrogen-bond acceptors (Lipinski definition) is 5. The van der Waals surface area contributed by atoms with Crippen molar-refractivity contribution in [3.8, 4) is 0 Å². The van der Waals surface area contributed by atoms with E-state index >= 15 is 0 Å². The summed E-state index contributed by atoms with van der Waals surface area (Å²) < 4.78 is 5.50. The summed E-state index contributed by atoms with van der Waals surface area (Å²) in [5, 5.41) is 23.4. The highest BCUT2D eigenvalue weighted by Gasteiger charge is 2.20. The van der Waals surface area contributed by atoms with E-state index in [1.54, 1.807) is 0 Å². The van der Waals surface area contributed by atoms with Crippen LogP contribution in [0.5, 0.6) is 0 Å². The van der Waals surface area contributed by atoms with Crippen molar-refractivity contribution in [2.75, 3.05) is 13.2 Å². The molecule has 0 radical (unpaired) electrons. The fraction of sp³-hybridized carbons (Fsp3) is 0.927. The molecule has 88 heavy (non-hydrogen) atoms. The van der Waals surface area contributed by atoms with Crippen LogP contribution in [-0.2, 0) is 14.3 Å². The van der Waals surface area contributed by atoms with Crippen LogP contribution in [0, 0.1) is 0 Å². The van der Waals surface area contributed by atoms with Gasteiger partial charge in [0.25, 0.3) is 0 Å². The number of ether oxygens (including phenoxy) is 1. The first-order chi connectivity index (χ1) is 43.5. The maximum absolute atomic E-state index is 12.6. The molecule has 0 fully saturated rings. The van der Waals surface area contributed by atoms with E-state index in [1.165, 1.54) is 385 Å². The molecule has 2 unspecified atom stereocenters. The molecular weight excluding hydrogens is 1080 g/mol. The van der Waals surface area contributed by atoms with Gasteiger partial charge in [-0.15, -0.1) is 0 Å². The first kappa shape index (κ1) is 86.3. The molecule has 0 aliphatic carbocycles. The van der Waals surface area contributed by atoms with Crippen molar-refractivity contribution in [3.05, 3.63) is 24.3 Å². The van der Waals surface area contributed by atoms with Crippen LogP contribution in [-0.4, -0.2) is 47.4 Å². The normalized spacial score (nSPS) is 12.5. The van der Waals surface area contributed by atoms with Gasteiger partial charge in [0.2, 0.25) is 5.91 Å². The molecule has 1 amide bonds. The van der Waals surface area contributed by atoms with E-state index in [-0.39, 0.29) is 18.5 Å². The van der Waals surface area contributed by atoms with Gasteiger partial charge in [-0.3, -0.25) is 9.59 Å². The van der Waals surface area contributed by atoms with Gasteiger partial charge in [0.15, 0.2) is 0 Å². The molecule has 0 aliphatic heterocycles. The van der Waals surface area contributed by atoms with Crippen molar-refractivity contribution >= 4 is 11.9 Å². The molecule has 0 aromatic carbocycles. The van der Waals surface area contributed by atoms with Crippen LogP contribution in [0.4, 0.5) is 0 Å². The molecule has 0 aliphatic rings. The molecule has 0 aromatic heterocycles. The van der Waals surface area contributed by atoms with Crippen LogP contribution < -0.4 is 5.32 Å². The largest absolute Gasteiger partial charge is 0.466 e. The number of unbranched alkanes of at least 4 members (excludes halogenated alkanes) is 62. The topological polar surface area (TPSA) is 95.9 Å². The zero-order chi connectivity index (χ0) is 63.5. The van der Waals surface area contributed by atoms with E-state index < -0.39 is 12.1 Å². The van der Waals surface area contributed by atoms with Crippen molar-refractivity contribution < 1.29 is 24.5 Å². The van der Waals surface area contributed by atoms with Crippen LogP contribution in [0.2, 0.25) is 0 Å². The Labute approximate surface area is 551 Å². The Morgan fingerprint density at radius 2 is 0.568 bits per heavy atom. The van der Waals surface area contributed by atoms with Crippen LogP contribution in [0.3, 0.4) is 0 Å². The third-order valence-electron chi connectivity index (χ3n) is 19.3. The monoisotopic (exact) mass is 1240 g/mol. The Kier molecular flexibility index (Phi) is 76.3. The summed E-state index contributed by atoms with van der Waals surface area (Å²) >= 11 is 0.